The zero-order chi connectivity index (χ0) is 21.1. The van der Waals surface area contributed by atoms with Crippen LogP contribution in [0.4, 0.5) is 0 Å². The van der Waals surface area contributed by atoms with Crippen molar-refractivity contribution < 1.29 is 4.79 Å². The van der Waals surface area contributed by atoms with Crippen molar-refractivity contribution in [2.45, 2.75) is 47.6 Å². The van der Waals surface area contributed by atoms with E-state index in [9.17, 15) is 9.59 Å². The molecule has 3 aromatic rings. The first-order valence-corrected chi connectivity index (χ1v) is 10.0. The molecule has 0 spiro atoms. The molecule has 1 aromatic heterocycles. The van der Waals surface area contributed by atoms with Crippen LogP contribution in [0.15, 0.2) is 53.3 Å². The minimum Gasteiger partial charge on any atom is -0.292 e. The number of Topliss-reactive ketones (excluding diaryl/α,β-unsaturated/α-hetero) is 1. The second kappa shape index (κ2) is 8.56. The summed E-state index contributed by atoms with van der Waals surface area (Å²) in [6, 6.07) is 15.4. The van der Waals surface area contributed by atoms with Crippen LogP contribution in [-0.2, 0) is 13.0 Å². The Bertz CT molecular complexity index is 1070. The second-order valence-corrected chi connectivity index (χ2v) is 8.21. The van der Waals surface area contributed by atoms with Gasteiger partial charge in [-0.25, -0.2) is 4.68 Å². The van der Waals surface area contributed by atoms with Gasteiger partial charge in [0.25, 0.3) is 5.56 Å². The van der Waals surface area contributed by atoms with Gasteiger partial charge in [-0.2, -0.15) is 5.10 Å². The maximum atomic E-state index is 12.9. The molecule has 0 N–H and O–H groups in total. The van der Waals surface area contributed by atoms with Crippen molar-refractivity contribution in [3.63, 3.8) is 0 Å². The minimum atomic E-state index is -0.277. The number of carbonyl (C=O) groups excluding carboxylic acids is 1. The molecule has 0 atom stereocenters. The molecule has 150 valence electrons. The molecular formula is C25H28N2O2. The standard InChI is InChI=1S/C25H28N2O2/c1-16(2)12-20-6-8-21(9-7-20)22-10-11-24(29)27(26-22)15-23(28)25-18(4)13-17(3)14-19(25)5/h6-11,13-14,16H,12,15H2,1-5H3. The van der Waals surface area contributed by atoms with E-state index < -0.39 is 0 Å². The Morgan fingerprint density at radius 2 is 1.59 bits per heavy atom. The van der Waals surface area contributed by atoms with Crippen molar-refractivity contribution in [2.75, 3.05) is 0 Å². The summed E-state index contributed by atoms with van der Waals surface area (Å²) in [6.45, 7) is 10.2. The first kappa shape index (κ1) is 20.7. The third kappa shape index (κ3) is 4.89. The number of nitrogens with zero attached hydrogens (tertiary/aromatic N) is 2. The molecule has 2 aromatic carbocycles. The molecule has 29 heavy (non-hydrogen) atoms. The third-order valence-electron chi connectivity index (χ3n) is 5.01. The predicted octanol–water partition coefficient (Wildman–Crippen LogP) is 4.92. The number of hydrogen-bond donors (Lipinski definition) is 0. The summed E-state index contributed by atoms with van der Waals surface area (Å²) in [5, 5.41) is 4.46. The van der Waals surface area contributed by atoms with Crippen LogP contribution < -0.4 is 5.56 Å². The quantitative estimate of drug-likeness (QED) is 0.563. The van der Waals surface area contributed by atoms with E-state index in [4.69, 9.17) is 0 Å². The number of hydrogen-bond acceptors (Lipinski definition) is 3. The summed E-state index contributed by atoms with van der Waals surface area (Å²) in [5.74, 6) is 0.500. The van der Waals surface area contributed by atoms with Crippen LogP contribution in [0.25, 0.3) is 11.3 Å². The van der Waals surface area contributed by atoms with Crippen molar-refractivity contribution in [1.82, 2.24) is 9.78 Å². The SMILES string of the molecule is Cc1cc(C)c(C(=O)Cn2nc(-c3ccc(CC(C)C)cc3)ccc2=O)c(C)c1. The molecule has 1 heterocycles. The van der Waals surface area contributed by atoms with E-state index in [2.05, 4.69) is 31.1 Å². The molecule has 0 aliphatic rings. The van der Waals surface area contributed by atoms with Gasteiger partial charge in [-0.3, -0.25) is 9.59 Å². The largest absolute Gasteiger partial charge is 0.292 e. The zero-order valence-corrected chi connectivity index (χ0v) is 17.8. The molecule has 0 amide bonds. The number of benzene rings is 2. The number of aryl methyl sites for hydroxylation is 3. The van der Waals surface area contributed by atoms with Crippen LogP contribution in [-0.4, -0.2) is 15.6 Å². The van der Waals surface area contributed by atoms with E-state index in [1.54, 1.807) is 6.07 Å². The van der Waals surface area contributed by atoms with Crippen molar-refractivity contribution in [3.05, 3.63) is 86.7 Å². The van der Waals surface area contributed by atoms with E-state index in [0.29, 0.717) is 17.2 Å². The van der Waals surface area contributed by atoms with Gasteiger partial charge in [-0.1, -0.05) is 55.8 Å². The van der Waals surface area contributed by atoms with E-state index in [0.717, 1.165) is 28.7 Å². The normalized spacial score (nSPS) is 11.1. The summed E-state index contributed by atoms with van der Waals surface area (Å²) in [7, 11) is 0. The lowest BCUT2D eigenvalue weighted by Gasteiger charge is -2.12. The van der Waals surface area contributed by atoms with Gasteiger partial charge < -0.3 is 0 Å². The fourth-order valence-corrected chi connectivity index (χ4v) is 3.83. The molecule has 0 fully saturated rings. The molecule has 0 saturated carbocycles. The highest BCUT2D eigenvalue weighted by Gasteiger charge is 2.15. The van der Waals surface area contributed by atoms with Crippen molar-refractivity contribution in [2.24, 2.45) is 5.92 Å². The van der Waals surface area contributed by atoms with Crippen molar-refractivity contribution in [1.29, 1.82) is 0 Å². The van der Waals surface area contributed by atoms with Crippen LogP contribution in [0, 0.1) is 26.7 Å². The summed E-state index contributed by atoms with van der Waals surface area (Å²) in [4.78, 5) is 25.2. The molecular weight excluding hydrogens is 360 g/mol. The highest BCUT2D eigenvalue weighted by molar-refractivity contribution is 5.98. The van der Waals surface area contributed by atoms with Gasteiger partial charge in [0.05, 0.1) is 5.69 Å². The average molecular weight is 389 g/mol. The van der Waals surface area contributed by atoms with Gasteiger partial charge in [0.15, 0.2) is 5.78 Å². The summed E-state index contributed by atoms with van der Waals surface area (Å²) in [5.41, 5.74) is 6.27. The van der Waals surface area contributed by atoms with Crippen molar-refractivity contribution >= 4 is 5.78 Å². The van der Waals surface area contributed by atoms with Crippen molar-refractivity contribution in [3.8, 4) is 11.3 Å². The van der Waals surface area contributed by atoms with Crippen LogP contribution >= 0.6 is 0 Å². The molecule has 4 nitrogen and oxygen atoms in total. The molecule has 4 heteroatoms. The Morgan fingerprint density at radius 1 is 0.966 bits per heavy atom. The smallest absolute Gasteiger partial charge is 0.267 e. The third-order valence-corrected chi connectivity index (χ3v) is 5.01. The second-order valence-electron chi connectivity index (χ2n) is 8.21. The fourth-order valence-electron chi connectivity index (χ4n) is 3.83. The maximum Gasteiger partial charge on any atom is 0.267 e. The maximum absolute atomic E-state index is 12.9. The summed E-state index contributed by atoms with van der Waals surface area (Å²) in [6.07, 6.45) is 1.02. The van der Waals surface area contributed by atoms with E-state index in [1.807, 2.05) is 45.0 Å². The predicted molar refractivity (Wildman–Crippen MR) is 117 cm³/mol. The molecule has 0 aliphatic carbocycles. The molecule has 0 unspecified atom stereocenters. The minimum absolute atomic E-state index is 0.0666. The number of rotatable bonds is 6. The monoisotopic (exact) mass is 388 g/mol. The Balaban J connectivity index is 1.88. The van der Waals surface area contributed by atoms with E-state index >= 15 is 0 Å². The van der Waals surface area contributed by atoms with Crippen LogP contribution in [0.1, 0.15) is 46.5 Å². The van der Waals surface area contributed by atoms with Gasteiger partial charge in [0.2, 0.25) is 0 Å². The highest BCUT2D eigenvalue weighted by Crippen LogP contribution is 2.19. The fraction of sp³-hybridized carbons (Fsp3) is 0.320. The molecule has 0 saturated heterocycles. The Morgan fingerprint density at radius 3 is 2.17 bits per heavy atom. The first-order valence-electron chi connectivity index (χ1n) is 10.0. The molecule has 3 rings (SSSR count). The number of carbonyl (C=O) groups is 1. The van der Waals surface area contributed by atoms with Gasteiger partial charge in [-0.05, 0) is 55.9 Å². The Kier molecular flexibility index (Phi) is 6.12. The number of ketones is 1. The molecule has 0 radical (unpaired) electrons. The molecule has 0 bridgehead atoms. The average Bonchev–Trinajstić information content (AvgIpc) is 2.63. The number of aromatic nitrogens is 2. The lowest BCUT2D eigenvalue weighted by atomic mass is 9.96. The van der Waals surface area contributed by atoms with E-state index in [-0.39, 0.29) is 17.9 Å². The first-order chi connectivity index (χ1) is 13.7. The molecule has 0 aliphatic heterocycles. The van der Waals surface area contributed by atoms with Gasteiger partial charge >= 0.3 is 0 Å². The lowest BCUT2D eigenvalue weighted by molar-refractivity contribution is 0.0964. The van der Waals surface area contributed by atoms with E-state index in [1.165, 1.54) is 16.3 Å². The summed E-state index contributed by atoms with van der Waals surface area (Å²) < 4.78 is 1.26. The van der Waals surface area contributed by atoms with Crippen LogP contribution in [0.5, 0.6) is 0 Å². The van der Waals surface area contributed by atoms with Crippen LogP contribution in [0.2, 0.25) is 0 Å². The van der Waals surface area contributed by atoms with Gasteiger partial charge in [0.1, 0.15) is 6.54 Å². The lowest BCUT2D eigenvalue weighted by Crippen LogP contribution is -2.27. The van der Waals surface area contributed by atoms with Crippen LogP contribution in [0.3, 0.4) is 0 Å². The van der Waals surface area contributed by atoms with Gasteiger partial charge in [0, 0.05) is 17.2 Å². The topological polar surface area (TPSA) is 52.0 Å². The Hall–Kier alpha value is -3.01. The Labute approximate surface area is 172 Å². The van der Waals surface area contributed by atoms with Gasteiger partial charge in [-0.15, -0.1) is 0 Å². The zero-order valence-electron chi connectivity index (χ0n) is 17.8. The summed E-state index contributed by atoms with van der Waals surface area (Å²) >= 11 is 0. The highest BCUT2D eigenvalue weighted by atomic mass is 16.1.